The highest BCUT2D eigenvalue weighted by atomic mass is 16.5. The Hall–Kier alpha value is -4.34. The molecule has 1 unspecified atom stereocenters. The molecule has 10 heteroatoms. The molecule has 1 aromatic carbocycles. The molecule has 1 amide bonds. The highest BCUT2D eigenvalue weighted by Gasteiger charge is 2.29. The Kier molecular flexibility index (Phi) is 6.32. The van der Waals surface area contributed by atoms with E-state index in [1.54, 1.807) is 43.3 Å². The third-order valence-electron chi connectivity index (χ3n) is 6.24. The minimum Gasteiger partial charge on any atom is -0.449 e. The SMILES string of the molecule is Cc1ccc(-c2cc(C(=O)OC(C)C(=O)N3CCN(c4ncccn4)CC3)c3c(C)noc3n2)cc1. The molecule has 5 rings (SSSR count). The van der Waals surface area contributed by atoms with Gasteiger partial charge in [0.25, 0.3) is 11.6 Å². The fourth-order valence-electron chi connectivity index (χ4n) is 4.24. The summed E-state index contributed by atoms with van der Waals surface area (Å²) in [7, 11) is 0. The van der Waals surface area contributed by atoms with Crippen molar-refractivity contribution in [2.45, 2.75) is 26.9 Å². The Morgan fingerprint density at radius 1 is 1.03 bits per heavy atom. The van der Waals surface area contributed by atoms with Crippen molar-refractivity contribution in [3.8, 4) is 11.3 Å². The molecular weight excluding hydrogens is 460 g/mol. The van der Waals surface area contributed by atoms with E-state index < -0.39 is 12.1 Å². The van der Waals surface area contributed by atoms with Crippen LogP contribution in [0.1, 0.15) is 28.5 Å². The van der Waals surface area contributed by atoms with E-state index in [-0.39, 0.29) is 17.2 Å². The first-order chi connectivity index (χ1) is 17.4. The largest absolute Gasteiger partial charge is 0.449 e. The number of piperazine rings is 1. The van der Waals surface area contributed by atoms with Gasteiger partial charge in [0.15, 0.2) is 6.10 Å². The maximum absolute atomic E-state index is 13.3. The van der Waals surface area contributed by atoms with Crippen LogP contribution in [-0.2, 0) is 9.53 Å². The van der Waals surface area contributed by atoms with E-state index in [1.807, 2.05) is 36.1 Å². The molecule has 0 spiro atoms. The second-order valence-electron chi connectivity index (χ2n) is 8.78. The highest BCUT2D eigenvalue weighted by molar-refractivity contribution is 6.05. The van der Waals surface area contributed by atoms with E-state index in [0.29, 0.717) is 48.9 Å². The monoisotopic (exact) mass is 486 g/mol. The van der Waals surface area contributed by atoms with E-state index >= 15 is 0 Å². The first-order valence-electron chi connectivity index (χ1n) is 11.8. The first-order valence-corrected chi connectivity index (χ1v) is 11.8. The van der Waals surface area contributed by atoms with Crippen molar-refractivity contribution >= 4 is 28.9 Å². The Labute approximate surface area is 207 Å². The van der Waals surface area contributed by atoms with Crippen LogP contribution in [0.25, 0.3) is 22.4 Å². The predicted octanol–water partition coefficient (Wildman–Crippen LogP) is 3.19. The first kappa shape index (κ1) is 23.4. The topological polar surface area (TPSA) is 115 Å². The van der Waals surface area contributed by atoms with Crippen LogP contribution >= 0.6 is 0 Å². The standard InChI is InChI=1S/C26H26N6O4/c1-16-5-7-19(8-6-16)21-15-20(22-17(2)30-36-23(22)29-21)25(34)35-18(3)24(33)31-11-13-32(14-12-31)26-27-9-4-10-28-26/h4-10,15,18H,11-14H2,1-3H3. The predicted molar refractivity (Wildman–Crippen MR) is 132 cm³/mol. The highest BCUT2D eigenvalue weighted by Crippen LogP contribution is 2.28. The van der Waals surface area contributed by atoms with Crippen molar-refractivity contribution in [3.05, 3.63) is 65.6 Å². The molecule has 1 fully saturated rings. The summed E-state index contributed by atoms with van der Waals surface area (Å²) in [6.45, 7) is 7.49. The van der Waals surface area contributed by atoms with Crippen molar-refractivity contribution in [3.63, 3.8) is 0 Å². The Bertz CT molecular complexity index is 1400. The number of rotatable bonds is 5. The van der Waals surface area contributed by atoms with Gasteiger partial charge in [-0.1, -0.05) is 35.0 Å². The molecule has 3 aromatic heterocycles. The second-order valence-corrected chi connectivity index (χ2v) is 8.78. The molecule has 36 heavy (non-hydrogen) atoms. The molecule has 10 nitrogen and oxygen atoms in total. The van der Waals surface area contributed by atoms with Crippen molar-refractivity contribution in [2.24, 2.45) is 0 Å². The molecule has 1 aliphatic heterocycles. The van der Waals surface area contributed by atoms with Gasteiger partial charge in [-0.3, -0.25) is 4.79 Å². The molecular formula is C26H26N6O4. The summed E-state index contributed by atoms with van der Waals surface area (Å²) >= 11 is 0. The summed E-state index contributed by atoms with van der Waals surface area (Å²) in [5.74, 6) is -0.235. The number of nitrogens with zero attached hydrogens (tertiary/aromatic N) is 6. The van der Waals surface area contributed by atoms with Gasteiger partial charge in [0.2, 0.25) is 5.95 Å². The fraction of sp³-hybridized carbons (Fsp3) is 0.308. The van der Waals surface area contributed by atoms with E-state index in [2.05, 4.69) is 20.1 Å². The number of aryl methyl sites for hydroxylation is 2. The van der Waals surface area contributed by atoms with Gasteiger partial charge in [-0.15, -0.1) is 0 Å². The van der Waals surface area contributed by atoms with Gasteiger partial charge in [0, 0.05) is 44.1 Å². The van der Waals surface area contributed by atoms with E-state index in [9.17, 15) is 9.59 Å². The van der Waals surface area contributed by atoms with Gasteiger partial charge in [-0.25, -0.2) is 19.7 Å². The van der Waals surface area contributed by atoms with Crippen LogP contribution in [0.3, 0.4) is 0 Å². The minimum absolute atomic E-state index is 0.246. The lowest BCUT2D eigenvalue weighted by atomic mass is 10.0. The molecule has 4 aromatic rings. The van der Waals surface area contributed by atoms with Gasteiger partial charge in [-0.2, -0.15) is 0 Å². The molecule has 184 valence electrons. The second kappa shape index (κ2) is 9.73. The van der Waals surface area contributed by atoms with Crippen LogP contribution in [-0.4, -0.2) is 69.2 Å². The Morgan fingerprint density at radius 2 is 1.72 bits per heavy atom. The van der Waals surface area contributed by atoms with Gasteiger partial charge in [0.1, 0.15) is 0 Å². The fourth-order valence-corrected chi connectivity index (χ4v) is 4.24. The zero-order valence-corrected chi connectivity index (χ0v) is 20.3. The number of hydrogen-bond donors (Lipinski definition) is 0. The summed E-state index contributed by atoms with van der Waals surface area (Å²) in [6, 6.07) is 11.2. The van der Waals surface area contributed by atoms with Gasteiger partial charge < -0.3 is 19.1 Å². The third kappa shape index (κ3) is 4.61. The lowest BCUT2D eigenvalue weighted by Crippen LogP contribution is -2.52. The van der Waals surface area contributed by atoms with Crippen LogP contribution in [0.4, 0.5) is 5.95 Å². The lowest BCUT2D eigenvalue weighted by Gasteiger charge is -2.35. The number of carbonyl (C=O) groups is 2. The van der Waals surface area contributed by atoms with Crippen molar-refractivity contribution in [2.75, 3.05) is 31.1 Å². The summed E-state index contributed by atoms with van der Waals surface area (Å²) < 4.78 is 11.0. The summed E-state index contributed by atoms with van der Waals surface area (Å²) in [6.07, 6.45) is 2.43. The minimum atomic E-state index is -0.955. The number of aromatic nitrogens is 4. The van der Waals surface area contributed by atoms with E-state index in [0.717, 1.165) is 11.1 Å². The molecule has 0 aliphatic carbocycles. The lowest BCUT2D eigenvalue weighted by molar-refractivity contribution is -0.140. The van der Waals surface area contributed by atoms with Crippen LogP contribution < -0.4 is 4.90 Å². The van der Waals surface area contributed by atoms with Crippen molar-refractivity contribution < 1.29 is 18.8 Å². The van der Waals surface area contributed by atoms with Crippen molar-refractivity contribution in [1.82, 2.24) is 25.0 Å². The number of benzene rings is 1. The molecule has 4 heterocycles. The zero-order valence-electron chi connectivity index (χ0n) is 20.3. The molecule has 0 radical (unpaired) electrons. The number of ether oxygens (including phenoxy) is 1. The molecule has 1 aliphatic rings. The zero-order chi connectivity index (χ0) is 25.2. The number of fused-ring (bicyclic) bond motifs is 1. The molecule has 0 N–H and O–H groups in total. The number of amides is 1. The molecule has 0 bridgehead atoms. The average molecular weight is 487 g/mol. The Balaban J connectivity index is 1.31. The van der Waals surface area contributed by atoms with Crippen molar-refractivity contribution in [1.29, 1.82) is 0 Å². The number of carbonyl (C=O) groups excluding carboxylic acids is 2. The number of hydrogen-bond acceptors (Lipinski definition) is 9. The maximum atomic E-state index is 13.3. The van der Waals surface area contributed by atoms with Crippen LogP contribution in [0.15, 0.2) is 53.3 Å². The Morgan fingerprint density at radius 3 is 2.42 bits per heavy atom. The maximum Gasteiger partial charge on any atom is 0.339 e. The number of anilines is 1. The third-order valence-corrected chi connectivity index (χ3v) is 6.24. The number of pyridine rings is 1. The molecule has 1 atom stereocenters. The van der Waals surface area contributed by atoms with E-state index in [1.165, 1.54) is 0 Å². The number of esters is 1. The summed E-state index contributed by atoms with van der Waals surface area (Å²) in [5.41, 5.74) is 3.53. The molecule has 0 saturated carbocycles. The van der Waals surface area contributed by atoms with Gasteiger partial charge in [0.05, 0.1) is 22.3 Å². The average Bonchev–Trinajstić information content (AvgIpc) is 3.29. The van der Waals surface area contributed by atoms with Crippen LogP contribution in [0, 0.1) is 13.8 Å². The van der Waals surface area contributed by atoms with Crippen LogP contribution in [0.2, 0.25) is 0 Å². The molecule has 1 saturated heterocycles. The van der Waals surface area contributed by atoms with E-state index in [4.69, 9.17) is 9.26 Å². The van der Waals surface area contributed by atoms with Gasteiger partial charge >= 0.3 is 5.97 Å². The van der Waals surface area contributed by atoms with Gasteiger partial charge in [-0.05, 0) is 32.9 Å². The smallest absolute Gasteiger partial charge is 0.339 e. The summed E-state index contributed by atoms with van der Waals surface area (Å²) in [5, 5.41) is 4.45. The normalized spacial score (nSPS) is 14.6. The van der Waals surface area contributed by atoms with Crippen LogP contribution in [0.5, 0.6) is 0 Å². The quantitative estimate of drug-likeness (QED) is 0.392. The summed E-state index contributed by atoms with van der Waals surface area (Å²) in [4.78, 5) is 43.1.